The zero-order chi connectivity index (χ0) is 28.6. The van der Waals surface area contributed by atoms with Gasteiger partial charge in [-0.1, -0.05) is 18.2 Å². The van der Waals surface area contributed by atoms with Crippen LogP contribution in [-0.4, -0.2) is 77.9 Å². The lowest BCUT2D eigenvalue weighted by Crippen LogP contribution is -2.58. The van der Waals surface area contributed by atoms with Gasteiger partial charge in [-0.2, -0.15) is 0 Å². The maximum atomic E-state index is 13.4. The molecular formula is C26H31N9O5. The topological polar surface area (TPSA) is 224 Å². The number of aromatic nitrogens is 5. The van der Waals surface area contributed by atoms with Crippen molar-refractivity contribution in [2.45, 2.75) is 50.4 Å². The molecule has 14 heteroatoms. The highest BCUT2D eigenvalue weighted by atomic mass is 16.4. The third kappa shape index (κ3) is 7.11. The number of carbonyl (C=O) groups is 4. The lowest BCUT2D eigenvalue weighted by atomic mass is 10.0. The van der Waals surface area contributed by atoms with Crippen LogP contribution in [0.1, 0.15) is 23.9 Å². The van der Waals surface area contributed by atoms with E-state index in [0.717, 1.165) is 16.5 Å². The van der Waals surface area contributed by atoms with Gasteiger partial charge in [0.25, 0.3) is 0 Å². The van der Waals surface area contributed by atoms with Crippen molar-refractivity contribution in [2.24, 2.45) is 5.73 Å². The number of H-pyrrole nitrogens is 3. The molecule has 0 spiro atoms. The van der Waals surface area contributed by atoms with E-state index in [0.29, 0.717) is 11.4 Å². The third-order valence-corrected chi connectivity index (χ3v) is 6.35. The average molecular weight is 550 g/mol. The maximum absolute atomic E-state index is 13.4. The van der Waals surface area contributed by atoms with E-state index in [1.807, 2.05) is 24.3 Å². The number of nitrogens with one attached hydrogen (secondary N) is 6. The van der Waals surface area contributed by atoms with Gasteiger partial charge in [-0.05, 0) is 18.6 Å². The first-order valence-electron chi connectivity index (χ1n) is 12.6. The lowest BCUT2D eigenvalue weighted by molar-refractivity contribution is -0.142. The van der Waals surface area contributed by atoms with Crippen LogP contribution in [0.4, 0.5) is 0 Å². The summed E-state index contributed by atoms with van der Waals surface area (Å²) in [6.45, 7) is 1.48. The molecule has 0 saturated carbocycles. The van der Waals surface area contributed by atoms with Crippen molar-refractivity contribution in [3.8, 4) is 0 Å². The summed E-state index contributed by atoms with van der Waals surface area (Å²) in [5, 5.41) is 18.5. The van der Waals surface area contributed by atoms with Gasteiger partial charge in [-0.3, -0.25) is 14.4 Å². The van der Waals surface area contributed by atoms with Crippen molar-refractivity contribution < 1.29 is 24.3 Å². The van der Waals surface area contributed by atoms with Gasteiger partial charge >= 0.3 is 5.97 Å². The molecular weight excluding hydrogens is 518 g/mol. The van der Waals surface area contributed by atoms with Crippen LogP contribution in [0.25, 0.3) is 10.9 Å². The minimum absolute atomic E-state index is 0.00495. The van der Waals surface area contributed by atoms with Crippen LogP contribution in [0, 0.1) is 0 Å². The Balaban J connectivity index is 1.53. The molecule has 4 aromatic rings. The number of hydrogen-bond acceptors (Lipinski definition) is 7. The number of carbonyl (C=O) groups excluding carboxylic acids is 3. The number of nitrogens with two attached hydrogens (primary N) is 1. The summed E-state index contributed by atoms with van der Waals surface area (Å²) in [4.78, 5) is 68.0. The fourth-order valence-corrected chi connectivity index (χ4v) is 4.22. The van der Waals surface area contributed by atoms with Crippen molar-refractivity contribution in [3.63, 3.8) is 0 Å². The van der Waals surface area contributed by atoms with E-state index in [1.165, 1.54) is 32.0 Å². The number of para-hydroxylation sites is 1. The highest BCUT2D eigenvalue weighted by Gasteiger charge is 2.31. The second kappa shape index (κ2) is 12.7. The Morgan fingerprint density at radius 3 is 1.90 bits per heavy atom. The molecule has 210 valence electrons. The molecule has 0 bridgehead atoms. The van der Waals surface area contributed by atoms with Crippen molar-refractivity contribution in [3.05, 3.63) is 72.5 Å². The Bertz CT molecular complexity index is 1450. The van der Waals surface area contributed by atoms with Crippen molar-refractivity contribution in [2.75, 3.05) is 0 Å². The van der Waals surface area contributed by atoms with Crippen LogP contribution in [0.5, 0.6) is 0 Å². The van der Waals surface area contributed by atoms with Crippen molar-refractivity contribution >= 4 is 34.6 Å². The largest absolute Gasteiger partial charge is 0.480 e. The van der Waals surface area contributed by atoms with Crippen LogP contribution in [0.3, 0.4) is 0 Å². The standard InChI is InChI=1S/C26H31N9O5/c1-14(27)23(36)33-20(7-16-10-28-12-31-16)24(37)34-21(8-17-11-29-13-32-17)25(38)35-22(26(39)40)6-15-9-30-19-5-3-2-4-18(15)19/h2-5,9-14,20-22,30H,6-8,27H2,1H3,(H,28,31)(H,29,32)(H,33,36)(H,34,37)(H,35,38)(H,39,40). The van der Waals surface area contributed by atoms with E-state index >= 15 is 0 Å². The Morgan fingerprint density at radius 1 is 0.825 bits per heavy atom. The molecule has 1 aromatic carbocycles. The van der Waals surface area contributed by atoms with Gasteiger partial charge < -0.3 is 41.7 Å². The Kier molecular flexibility index (Phi) is 8.91. The zero-order valence-corrected chi connectivity index (χ0v) is 21.7. The lowest BCUT2D eigenvalue weighted by Gasteiger charge is -2.24. The van der Waals surface area contributed by atoms with Crippen LogP contribution in [0.2, 0.25) is 0 Å². The summed E-state index contributed by atoms with van der Waals surface area (Å²) in [6.07, 6.45) is 7.64. The SMILES string of the molecule is CC(N)C(=O)NC(Cc1cnc[nH]1)C(=O)NC(Cc1cnc[nH]1)C(=O)NC(Cc1c[nH]c2ccccc12)C(=O)O. The molecule has 4 rings (SSSR count). The molecule has 0 fully saturated rings. The number of hydrogen-bond donors (Lipinski definition) is 8. The van der Waals surface area contributed by atoms with E-state index in [2.05, 4.69) is 40.9 Å². The van der Waals surface area contributed by atoms with Crippen molar-refractivity contribution in [1.29, 1.82) is 0 Å². The number of imidazole rings is 2. The Labute approximate surface area is 228 Å². The molecule has 0 aliphatic carbocycles. The number of benzene rings is 1. The monoisotopic (exact) mass is 549 g/mol. The third-order valence-electron chi connectivity index (χ3n) is 6.35. The predicted octanol–water partition coefficient (Wildman–Crippen LogP) is -0.472. The summed E-state index contributed by atoms with van der Waals surface area (Å²) in [6, 6.07) is 3.01. The quantitative estimate of drug-likeness (QED) is 0.109. The van der Waals surface area contributed by atoms with E-state index in [4.69, 9.17) is 5.73 Å². The van der Waals surface area contributed by atoms with Gasteiger partial charge in [0.05, 0.1) is 18.7 Å². The fourth-order valence-electron chi connectivity index (χ4n) is 4.22. The number of carboxylic acid groups (broad SMARTS) is 1. The van der Waals surface area contributed by atoms with Crippen molar-refractivity contribution in [1.82, 2.24) is 40.9 Å². The summed E-state index contributed by atoms with van der Waals surface area (Å²) in [5.74, 6) is -3.16. The van der Waals surface area contributed by atoms with Gasteiger partial charge in [0, 0.05) is 60.1 Å². The summed E-state index contributed by atoms with van der Waals surface area (Å²) in [5.41, 5.74) is 8.34. The number of amides is 3. The first-order chi connectivity index (χ1) is 19.2. The van der Waals surface area contributed by atoms with Crippen LogP contribution in [0.15, 0.2) is 55.5 Å². The molecule has 0 saturated heterocycles. The molecule has 14 nitrogen and oxygen atoms in total. The average Bonchev–Trinajstić information content (AvgIpc) is 3.70. The highest BCUT2D eigenvalue weighted by Crippen LogP contribution is 2.19. The van der Waals surface area contributed by atoms with Crippen LogP contribution in [-0.2, 0) is 38.4 Å². The van der Waals surface area contributed by atoms with E-state index in [1.54, 1.807) is 6.20 Å². The summed E-state index contributed by atoms with van der Waals surface area (Å²) in [7, 11) is 0. The number of nitrogens with zero attached hydrogens (tertiary/aromatic N) is 2. The number of aromatic amines is 3. The molecule has 3 aromatic heterocycles. The number of aliphatic carboxylic acids is 1. The van der Waals surface area contributed by atoms with Gasteiger partial charge in [0.1, 0.15) is 18.1 Å². The van der Waals surface area contributed by atoms with E-state index < -0.39 is 47.9 Å². The zero-order valence-electron chi connectivity index (χ0n) is 21.7. The summed E-state index contributed by atoms with van der Waals surface area (Å²) < 4.78 is 0. The summed E-state index contributed by atoms with van der Waals surface area (Å²) >= 11 is 0. The minimum atomic E-state index is -1.27. The molecule has 3 heterocycles. The molecule has 9 N–H and O–H groups in total. The molecule has 3 amide bonds. The van der Waals surface area contributed by atoms with Gasteiger partial charge in [-0.25, -0.2) is 14.8 Å². The van der Waals surface area contributed by atoms with Gasteiger partial charge in [0.15, 0.2) is 0 Å². The molecule has 4 unspecified atom stereocenters. The number of rotatable bonds is 13. The molecule has 0 aliphatic rings. The van der Waals surface area contributed by atoms with E-state index in [-0.39, 0.29) is 19.3 Å². The minimum Gasteiger partial charge on any atom is -0.480 e. The first kappa shape index (κ1) is 28.0. The second-order valence-electron chi connectivity index (χ2n) is 9.44. The van der Waals surface area contributed by atoms with Gasteiger partial charge in [-0.15, -0.1) is 0 Å². The van der Waals surface area contributed by atoms with Gasteiger partial charge in [0.2, 0.25) is 17.7 Å². The second-order valence-corrected chi connectivity index (χ2v) is 9.44. The first-order valence-corrected chi connectivity index (χ1v) is 12.6. The smallest absolute Gasteiger partial charge is 0.326 e. The molecule has 40 heavy (non-hydrogen) atoms. The highest BCUT2D eigenvalue weighted by molar-refractivity contribution is 5.94. The number of fused-ring (bicyclic) bond motifs is 1. The predicted molar refractivity (Wildman–Crippen MR) is 144 cm³/mol. The molecule has 4 atom stereocenters. The van der Waals surface area contributed by atoms with E-state index in [9.17, 15) is 24.3 Å². The fraction of sp³-hybridized carbons (Fsp3) is 0.308. The molecule has 0 aliphatic heterocycles. The number of carboxylic acids is 1. The normalized spacial score (nSPS) is 14.2. The Hall–Kier alpha value is -4.98. The Morgan fingerprint density at radius 2 is 1.38 bits per heavy atom. The maximum Gasteiger partial charge on any atom is 0.326 e. The van der Waals surface area contributed by atoms with Crippen LogP contribution < -0.4 is 21.7 Å². The van der Waals surface area contributed by atoms with Crippen LogP contribution >= 0.6 is 0 Å². The molecule has 0 radical (unpaired) electrons.